The first-order valence-electron chi connectivity index (χ1n) is 8.69. The fourth-order valence-corrected chi connectivity index (χ4v) is 2.37. The lowest BCUT2D eigenvalue weighted by molar-refractivity contribution is -0.123. The van der Waals surface area contributed by atoms with Gasteiger partial charge in [0.2, 0.25) is 5.91 Å². The number of rotatable bonds is 7. The van der Waals surface area contributed by atoms with E-state index in [0.29, 0.717) is 38.7 Å². The van der Waals surface area contributed by atoms with Gasteiger partial charge in [-0.2, -0.15) is 0 Å². The molecule has 0 spiro atoms. The van der Waals surface area contributed by atoms with Gasteiger partial charge in [-0.15, -0.1) is 0 Å². The summed E-state index contributed by atoms with van der Waals surface area (Å²) in [6.45, 7) is 8.41. The van der Waals surface area contributed by atoms with E-state index in [1.54, 1.807) is 11.8 Å². The van der Waals surface area contributed by atoms with Crippen LogP contribution in [0.5, 0.6) is 0 Å². The molecule has 0 aliphatic carbocycles. The number of hydrogen-bond donors (Lipinski definition) is 3. The summed E-state index contributed by atoms with van der Waals surface area (Å²) >= 11 is 0. The van der Waals surface area contributed by atoms with Crippen LogP contribution in [0.3, 0.4) is 0 Å². The van der Waals surface area contributed by atoms with Crippen molar-refractivity contribution in [3.05, 3.63) is 0 Å². The highest BCUT2D eigenvalue weighted by Crippen LogP contribution is 2.11. The van der Waals surface area contributed by atoms with Crippen molar-refractivity contribution in [1.82, 2.24) is 15.5 Å². The predicted octanol–water partition coefficient (Wildman–Crippen LogP) is 0.674. The van der Waals surface area contributed by atoms with Crippen LogP contribution in [-0.2, 0) is 9.53 Å². The molecular formula is C16H31N5O3. The van der Waals surface area contributed by atoms with Crippen LogP contribution < -0.4 is 16.4 Å². The van der Waals surface area contributed by atoms with E-state index in [0.717, 1.165) is 19.3 Å². The Morgan fingerprint density at radius 2 is 2.00 bits per heavy atom. The summed E-state index contributed by atoms with van der Waals surface area (Å²) in [6.07, 6.45) is 2.14. The zero-order valence-corrected chi connectivity index (χ0v) is 15.0. The van der Waals surface area contributed by atoms with E-state index in [4.69, 9.17) is 10.5 Å². The zero-order valence-electron chi connectivity index (χ0n) is 15.0. The molecule has 1 aliphatic rings. The second-order valence-corrected chi connectivity index (χ2v) is 6.17. The number of hydrogen-bond acceptors (Lipinski definition) is 4. The molecule has 0 bridgehead atoms. The number of nitrogens with one attached hydrogen (secondary N) is 2. The summed E-state index contributed by atoms with van der Waals surface area (Å²) in [6, 6.07) is 0.222. The summed E-state index contributed by atoms with van der Waals surface area (Å²) in [5, 5.41) is 6.03. The number of piperidine rings is 1. The third-order valence-corrected chi connectivity index (χ3v) is 3.81. The molecular weight excluding hydrogens is 310 g/mol. The fraction of sp³-hybridized carbons (Fsp3) is 0.812. The van der Waals surface area contributed by atoms with Crippen molar-refractivity contribution < 1.29 is 14.3 Å². The third kappa shape index (κ3) is 7.52. The normalized spacial score (nSPS) is 16.2. The van der Waals surface area contributed by atoms with Crippen LogP contribution in [0.15, 0.2) is 4.99 Å². The van der Waals surface area contributed by atoms with Gasteiger partial charge in [-0.3, -0.25) is 9.79 Å². The predicted molar refractivity (Wildman–Crippen MR) is 93.7 cm³/mol. The molecule has 2 amide bonds. The van der Waals surface area contributed by atoms with Gasteiger partial charge < -0.3 is 26.0 Å². The lowest BCUT2D eigenvalue weighted by Crippen LogP contribution is -2.48. The maximum Gasteiger partial charge on any atom is 0.409 e. The van der Waals surface area contributed by atoms with Crippen LogP contribution in [0.2, 0.25) is 0 Å². The Labute approximate surface area is 144 Å². The van der Waals surface area contributed by atoms with E-state index >= 15 is 0 Å². The maximum atomic E-state index is 11.6. The highest BCUT2D eigenvalue weighted by Gasteiger charge is 2.23. The molecule has 0 radical (unpaired) electrons. The van der Waals surface area contributed by atoms with E-state index in [-0.39, 0.29) is 24.0 Å². The molecule has 0 aromatic carbocycles. The van der Waals surface area contributed by atoms with Gasteiger partial charge in [-0.1, -0.05) is 13.8 Å². The van der Waals surface area contributed by atoms with Crippen molar-refractivity contribution >= 4 is 18.0 Å². The van der Waals surface area contributed by atoms with E-state index in [1.165, 1.54) is 0 Å². The number of ether oxygens (including phenoxy) is 1. The SMILES string of the molecule is CCOC(=O)N1CCC(NC(N)=NCCCNC(=O)C(C)C)CC1. The zero-order chi connectivity index (χ0) is 17.9. The van der Waals surface area contributed by atoms with Gasteiger partial charge in [0, 0.05) is 38.1 Å². The van der Waals surface area contributed by atoms with Crippen LogP contribution in [0.25, 0.3) is 0 Å². The summed E-state index contributed by atoms with van der Waals surface area (Å²) in [5.74, 6) is 0.471. The number of nitrogens with two attached hydrogens (primary N) is 1. The largest absolute Gasteiger partial charge is 0.450 e. The summed E-state index contributed by atoms with van der Waals surface area (Å²) in [4.78, 5) is 29.0. The van der Waals surface area contributed by atoms with Crippen molar-refractivity contribution in [1.29, 1.82) is 0 Å². The molecule has 24 heavy (non-hydrogen) atoms. The monoisotopic (exact) mass is 341 g/mol. The minimum Gasteiger partial charge on any atom is -0.450 e. The van der Waals surface area contributed by atoms with Crippen molar-refractivity contribution in [2.45, 2.75) is 46.1 Å². The van der Waals surface area contributed by atoms with Crippen molar-refractivity contribution in [2.24, 2.45) is 16.6 Å². The van der Waals surface area contributed by atoms with Gasteiger partial charge >= 0.3 is 6.09 Å². The average molecular weight is 341 g/mol. The molecule has 0 saturated carbocycles. The molecule has 1 saturated heterocycles. The molecule has 0 aromatic heterocycles. The number of likely N-dealkylation sites (tertiary alicyclic amines) is 1. The number of nitrogens with zero attached hydrogens (tertiary/aromatic N) is 2. The number of carbonyl (C=O) groups is 2. The standard InChI is InChI=1S/C16H31N5O3/c1-4-24-16(23)21-10-6-13(7-11-21)20-15(17)19-9-5-8-18-14(22)12(2)3/h12-13H,4-11H2,1-3H3,(H,18,22)(H3,17,19,20). The summed E-state index contributed by atoms with van der Waals surface area (Å²) < 4.78 is 4.99. The lowest BCUT2D eigenvalue weighted by Gasteiger charge is -2.31. The Kier molecular flexibility index (Phi) is 8.96. The number of guanidine groups is 1. The fourth-order valence-electron chi connectivity index (χ4n) is 2.37. The lowest BCUT2D eigenvalue weighted by atomic mass is 10.1. The molecule has 138 valence electrons. The van der Waals surface area contributed by atoms with Gasteiger partial charge in [0.15, 0.2) is 5.96 Å². The Hall–Kier alpha value is -1.99. The highest BCUT2D eigenvalue weighted by molar-refractivity contribution is 5.78. The quantitative estimate of drug-likeness (QED) is 0.358. The topological polar surface area (TPSA) is 109 Å². The van der Waals surface area contributed by atoms with Crippen LogP contribution in [0, 0.1) is 5.92 Å². The average Bonchev–Trinajstić information content (AvgIpc) is 2.55. The second-order valence-electron chi connectivity index (χ2n) is 6.17. The van der Waals surface area contributed by atoms with Gasteiger partial charge in [0.05, 0.1) is 6.61 Å². The Morgan fingerprint density at radius 3 is 2.58 bits per heavy atom. The smallest absolute Gasteiger partial charge is 0.409 e. The molecule has 1 rings (SSSR count). The first-order valence-corrected chi connectivity index (χ1v) is 8.69. The first kappa shape index (κ1) is 20.1. The van der Waals surface area contributed by atoms with E-state index in [9.17, 15) is 9.59 Å². The molecule has 0 aromatic rings. The van der Waals surface area contributed by atoms with Crippen LogP contribution in [0.4, 0.5) is 4.79 Å². The third-order valence-electron chi connectivity index (χ3n) is 3.81. The van der Waals surface area contributed by atoms with Gasteiger partial charge in [0.25, 0.3) is 0 Å². The number of aliphatic imine (C=N–C) groups is 1. The molecule has 1 aliphatic heterocycles. The van der Waals surface area contributed by atoms with Gasteiger partial charge in [-0.05, 0) is 26.2 Å². The van der Waals surface area contributed by atoms with Crippen LogP contribution in [-0.4, -0.2) is 61.7 Å². The van der Waals surface area contributed by atoms with Crippen molar-refractivity contribution in [3.8, 4) is 0 Å². The second kappa shape index (κ2) is 10.7. The Morgan fingerprint density at radius 1 is 1.33 bits per heavy atom. The van der Waals surface area contributed by atoms with Gasteiger partial charge in [0.1, 0.15) is 0 Å². The molecule has 1 fully saturated rings. The summed E-state index contributed by atoms with van der Waals surface area (Å²) in [5.41, 5.74) is 5.88. The maximum absolute atomic E-state index is 11.6. The van der Waals surface area contributed by atoms with Crippen molar-refractivity contribution in [2.75, 3.05) is 32.8 Å². The molecule has 1 heterocycles. The number of amides is 2. The molecule has 8 heteroatoms. The van der Waals surface area contributed by atoms with E-state index in [1.807, 2.05) is 13.8 Å². The van der Waals surface area contributed by atoms with E-state index < -0.39 is 0 Å². The minimum absolute atomic E-state index is 0.000660. The minimum atomic E-state index is -0.249. The van der Waals surface area contributed by atoms with E-state index in [2.05, 4.69) is 15.6 Å². The van der Waals surface area contributed by atoms with Crippen molar-refractivity contribution in [3.63, 3.8) is 0 Å². The highest BCUT2D eigenvalue weighted by atomic mass is 16.6. The first-order chi connectivity index (χ1) is 11.4. The number of carbonyl (C=O) groups excluding carboxylic acids is 2. The Balaban J connectivity index is 2.18. The van der Waals surface area contributed by atoms with Crippen LogP contribution in [0.1, 0.15) is 40.0 Å². The molecule has 4 N–H and O–H groups in total. The molecule has 0 atom stereocenters. The molecule has 0 unspecified atom stereocenters. The van der Waals surface area contributed by atoms with Gasteiger partial charge in [-0.25, -0.2) is 4.79 Å². The molecule has 8 nitrogen and oxygen atoms in total. The Bertz CT molecular complexity index is 431. The van der Waals surface area contributed by atoms with Crippen LogP contribution >= 0.6 is 0 Å². The summed E-state index contributed by atoms with van der Waals surface area (Å²) in [7, 11) is 0.